The normalized spacial score (nSPS) is 11.8. The highest BCUT2D eigenvalue weighted by molar-refractivity contribution is 9.10. The molecule has 2 heterocycles. The van der Waals surface area contributed by atoms with Crippen molar-refractivity contribution < 1.29 is 22.8 Å². The highest BCUT2D eigenvalue weighted by Crippen LogP contribution is 2.38. The number of rotatable bonds is 8. The number of para-hydroxylation sites is 1. The molecule has 52 heavy (non-hydrogen) atoms. The maximum absolute atomic E-state index is 13.6. The number of alkyl halides is 3. The lowest BCUT2D eigenvalue weighted by Crippen LogP contribution is -2.15. The van der Waals surface area contributed by atoms with Gasteiger partial charge in [-0.15, -0.1) is 0 Å². The first kappa shape index (κ1) is 39.8. The van der Waals surface area contributed by atoms with Crippen LogP contribution >= 0.6 is 55.1 Å². The lowest BCUT2D eigenvalue weighted by atomic mass is 10.1. The van der Waals surface area contributed by atoms with Gasteiger partial charge in [0.2, 0.25) is 0 Å². The standard InChI is InChI=1S/C20H18BrF3N2O.C19H17BrCl2N2O/c1-25(2)11-10-13-12-26(19(27)15-6-3-4-9-17(15)21)18-14(13)7-5-8-16(18)20(22,23)24;1-23(2)8-7-12-11-24(18-15(12)9-13(21)10-17(18)22)19(25)14-5-3-4-6-16(14)20/h3-9,12H,10-11H2,1-2H3;3-6,9-11H,7-8H2,1-2H3. The van der Waals surface area contributed by atoms with Gasteiger partial charge < -0.3 is 9.80 Å². The van der Waals surface area contributed by atoms with Crippen LogP contribution in [0.1, 0.15) is 37.4 Å². The average molecular weight is 879 g/mol. The lowest BCUT2D eigenvalue weighted by Gasteiger charge is -2.12. The van der Waals surface area contributed by atoms with Crippen LogP contribution in [0.25, 0.3) is 21.8 Å². The molecule has 0 aliphatic carbocycles. The molecule has 0 N–H and O–H groups in total. The molecule has 0 saturated carbocycles. The fourth-order valence-corrected chi connectivity index (χ4v) is 7.36. The monoisotopic (exact) mass is 876 g/mol. The molecule has 6 nitrogen and oxygen atoms in total. The Bertz CT molecular complexity index is 2260. The Balaban J connectivity index is 0.000000202. The van der Waals surface area contributed by atoms with Crippen molar-refractivity contribution in [3.63, 3.8) is 0 Å². The van der Waals surface area contributed by atoms with E-state index in [0.717, 1.165) is 39.0 Å². The molecule has 6 aromatic rings. The zero-order valence-corrected chi connectivity index (χ0v) is 33.4. The Morgan fingerprint density at radius 1 is 0.673 bits per heavy atom. The summed E-state index contributed by atoms with van der Waals surface area (Å²) < 4.78 is 44.9. The van der Waals surface area contributed by atoms with Crippen LogP contribution < -0.4 is 0 Å². The Hall–Kier alpha value is -3.45. The summed E-state index contributed by atoms with van der Waals surface area (Å²) in [6.45, 7) is 1.53. The molecule has 0 saturated heterocycles. The van der Waals surface area contributed by atoms with Crippen LogP contribution in [0.2, 0.25) is 10.0 Å². The zero-order valence-electron chi connectivity index (χ0n) is 28.7. The number of carbonyl (C=O) groups excluding carboxylic acids is 2. The molecule has 6 rings (SSSR count). The van der Waals surface area contributed by atoms with Crippen LogP contribution in [-0.4, -0.2) is 72.0 Å². The van der Waals surface area contributed by atoms with E-state index in [1.807, 2.05) is 63.6 Å². The van der Waals surface area contributed by atoms with Gasteiger partial charge in [-0.1, -0.05) is 59.6 Å². The molecule has 0 aliphatic rings. The molecule has 0 bridgehead atoms. The van der Waals surface area contributed by atoms with E-state index in [9.17, 15) is 22.8 Å². The number of likely N-dealkylation sites (N-methyl/N-ethyl adjacent to an activating group) is 2. The molecule has 13 heteroatoms. The zero-order chi connectivity index (χ0) is 37.9. The van der Waals surface area contributed by atoms with Crippen molar-refractivity contribution in [3.8, 4) is 0 Å². The SMILES string of the molecule is CN(C)CCc1cn(C(=O)c2ccccc2Br)c2c(C(F)(F)F)cccc12.CN(C)CCc1cn(C(=O)c2ccccc2Br)c2c(Cl)cc(Cl)cc12. The summed E-state index contributed by atoms with van der Waals surface area (Å²) in [6.07, 6.45) is 0.198. The van der Waals surface area contributed by atoms with Crippen LogP contribution in [0, 0.1) is 0 Å². The number of aromatic nitrogens is 2. The van der Waals surface area contributed by atoms with Gasteiger partial charge in [-0.3, -0.25) is 18.7 Å². The molecule has 0 amide bonds. The maximum atomic E-state index is 13.6. The van der Waals surface area contributed by atoms with Gasteiger partial charge in [0, 0.05) is 50.2 Å². The quantitative estimate of drug-likeness (QED) is 0.153. The number of halogens is 7. The predicted octanol–water partition coefficient (Wildman–Crippen LogP) is 10.7. The van der Waals surface area contributed by atoms with Crippen molar-refractivity contribution in [1.82, 2.24) is 18.9 Å². The second-order valence-electron chi connectivity index (χ2n) is 12.7. The minimum atomic E-state index is -4.55. The first-order valence-corrected chi connectivity index (χ1v) is 18.5. The van der Waals surface area contributed by atoms with Crippen molar-refractivity contribution in [2.75, 3.05) is 41.3 Å². The topological polar surface area (TPSA) is 50.5 Å². The van der Waals surface area contributed by atoms with E-state index in [0.29, 0.717) is 55.1 Å². The molecule has 0 fully saturated rings. The number of hydrogen-bond donors (Lipinski definition) is 0. The number of hydrogen-bond acceptors (Lipinski definition) is 4. The average Bonchev–Trinajstić information content (AvgIpc) is 3.65. The highest BCUT2D eigenvalue weighted by atomic mass is 79.9. The minimum Gasteiger partial charge on any atom is -0.309 e. The molecule has 4 aromatic carbocycles. The fourth-order valence-electron chi connectivity index (χ4n) is 5.86. The van der Waals surface area contributed by atoms with Gasteiger partial charge in [-0.25, -0.2) is 0 Å². The fraction of sp³-hybridized carbons (Fsp3) is 0.231. The van der Waals surface area contributed by atoms with Gasteiger partial charge in [0.15, 0.2) is 0 Å². The summed E-state index contributed by atoms with van der Waals surface area (Å²) in [7, 11) is 7.83. The molecule has 0 radical (unpaired) electrons. The van der Waals surface area contributed by atoms with Gasteiger partial charge in [0.25, 0.3) is 11.8 Å². The first-order valence-electron chi connectivity index (χ1n) is 16.2. The van der Waals surface area contributed by atoms with E-state index < -0.39 is 17.6 Å². The Morgan fingerprint density at radius 3 is 1.63 bits per heavy atom. The summed E-state index contributed by atoms with van der Waals surface area (Å²) in [5.41, 5.74) is 2.45. The largest absolute Gasteiger partial charge is 0.418 e. The maximum Gasteiger partial charge on any atom is 0.418 e. The molecule has 0 atom stereocenters. The van der Waals surface area contributed by atoms with E-state index in [1.165, 1.54) is 12.3 Å². The number of carbonyl (C=O) groups is 2. The summed E-state index contributed by atoms with van der Waals surface area (Å²) in [6, 6.07) is 21.7. The molecular weight excluding hydrogens is 844 g/mol. The minimum absolute atomic E-state index is 0.0977. The number of nitrogens with zero attached hydrogens (tertiary/aromatic N) is 4. The van der Waals surface area contributed by atoms with E-state index >= 15 is 0 Å². The molecule has 272 valence electrons. The summed E-state index contributed by atoms with van der Waals surface area (Å²) in [5.74, 6) is -0.627. The summed E-state index contributed by atoms with van der Waals surface area (Å²) in [4.78, 5) is 30.2. The van der Waals surface area contributed by atoms with Crippen LogP contribution in [0.4, 0.5) is 13.2 Å². The third kappa shape index (κ3) is 8.84. The Kier molecular flexibility index (Phi) is 12.8. The van der Waals surface area contributed by atoms with Gasteiger partial charge in [-0.05, 0) is 126 Å². The van der Waals surface area contributed by atoms with Gasteiger partial charge >= 0.3 is 6.18 Å². The number of benzene rings is 4. The second-order valence-corrected chi connectivity index (χ2v) is 15.3. The van der Waals surface area contributed by atoms with Crippen molar-refractivity contribution in [1.29, 1.82) is 0 Å². The first-order chi connectivity index (χ1) is 24.6. The van der Waals surface area contributed by atoms with Gasteiger partial charge in [0.05, 0.1) is 32.7 Å². The summed E-state index contributed by atoms with van der Waals surface area (Å²) in [5, 5.41) is 2.40. The van der Waals surface area contributed by atoms with Crippen molar-refractivity contribution >= 4 is 88.7 Å². The Labute approximate surface area is 327 Å². The third-order valence-corrected chi connectivity index (χ3v) is 10.3. The van der Waals surface area contributed by atoms with E-state index in [4.69, 9.17) is 23.2 Å². The molecule has 2 aromatic heterocycles. The third-order valence-electron chi connectivity index (χ3n) is 8.42. The van der Waals surface area contributed by atoms with Crippen LogP contribution in [0.15, 0.2) is 100 Å². The summed E-state index contributed by atoms with van der Waals surface area (Å²) >= 11 is 19.4. The lowest BCUT2D eigenvalue weighted by molar-refractivity contribution is -0.136. The number of fused-ring (bicyclic) bond motifs is 2. The second kappa shape index (κ2) is 16.7. The van der Waals surface area contributed by atoms with Crippen LogP contribution in [-0.2, 0) is 19.0 Å². The molecule has 0 spiro atoms. The molecule has 0 aliphatic heterocycles. The van der Waals surface area contributed by atoms with Gasteiger partial charge in [0.1, 0.15) is 0 Å². The predicted molar refractivity (Wildman–Crippen MR) is 211 cm³/mol. The van der Waals surface area contributed by atoms with E-state index in [-0.39, 0.29) is 11.4 Å². The van der Waals surface area contributed by atoms with Crippen LogP contribution in [0.3, 0.4) is 0 Å². The smallest absolute Gasteiger partial charge is 0.309 e. The van der Waals surface area contributed by atoms with Crippen molar-refractivity contribution in [2.24, 2.45) is 0 Å². The molecular formula is C39H35Br2Cl2F3N4O2. The van der Waals surface area contributed by atoms with Crippen LogP contribution in [0.5, 0.6) is 0 Å². The van der Waals surface area contributed by atoms with E-state index in [2.05, 4.69) is 36.8 Å². The van der Waals surface area contributed by atoms with Gasteiger partial charge in [-0.2, -0.15) is 13.2 Å². The molecule has 0 unspecified atom stereocenters. The van der Waals surface area contributed by atoms with Crippen molar-refractivity contribution in [2.45, 2.75) is 19.0 Å². The van der Waals surface area contributed by atoms with E-state index in [1.54, 1.807) is 47.0 Å². The Morgan fingerprint density at radius 2 is 1.15 bits per heavy atom. The van der Waals surface area contributed by atoms with Crippen molar-refractivity contribution in [3.05, 3.63) is 138 Å². The highest BCUT2D eigenvalue weighted by Gasteiger charge is 2.35.